The lowest BCUT2D eigenvalue weighted by Crippen LogP contribution is -2.36. The molecule has 3 heteroatoms. The second-order valence-corrected chi connectivity index (χ2v) is 6.14. The lowest BCUT2D eigenvalue weighted by atomic mass is 9.94. The van der Waals surface area contributed by atoms with Crippen molar-refractivity contribution < 1.29 is 9.53 Å². The highest BCUT2D eigenvalue weighted by Crippen LogP contribution is 2.40. The number of carbonyl (C=O) groups excluding carboxylic acids is 1. The molecule has 3 rings (SSSR count). The van der Waals surface area contributed by atoms with Gasteiger partial charge in [-0.3, -0.25) is 4.79 Å². The van der Waals surface area contributed by atoms with Crippen LogP contribution in [-0.4, -0.2) is 18.1 Å². The molecule has 3 nitrogen and oxygen atoms in total. The van der Waals surface area contributed by atoms with E-state index in [0.717, 1.165) is 24.2 Å². The van der Waals surface area contributed by atoms with E-state index in [2.05, 4.69) is 25.2 Å². The van der Waals surface area contributed by atoms with Crippen molar-refractivity contribution in [2.45, 2.75) is 64.0 Å². The highest BCUT2D eigenvalue weighted by atomic mass is 16.5. The highest BCUT2D eigenvalue weighted by molar-refractivity contribution is 5.97. The summed E-state index contributed by atoms with van der Waals surface area (Å²) in [4.78, 5) is 12.5. The Labute approximate surface area is 120 Å². The van der Waals surface area contributed by atoms with E-state index >= 15 is 0 Å². The molecule has 1 aromatic carbocycles. The number of benzene rings is 1. The maximum absolute atomic E-state index is 12.5. The summed E-state index contributed by atoms with van der Waals surface area (Å²) in [6.07, 6.45) is 6.10. The fourth-order valence-electron chi connectivity index (χ4n) is 3.27. The van der Waals surface area contributed by atoms with Gasteiger partial charge in [0.05, 0.1) is 5.56 Å². The number of ether oxygens (including phenoxy) is 1. The Bertz CT molecular complexity index is 506. The van der Waals surface area contributed by atoms with Gasteiger partial charge < -0.3 is 10.1 Å². The van der Waals surface area contributed by atoms with E-state index in [1.807, 2.05) is 12.1 Å². The first-order valence-electron chi connectivity index (χ1n) is 7.77. The Morgan fingerprint density at radius 3 is 2.70 bits per heavy atom. The Morgan fingerprint density at radius 2 is 1.95 bits per heavy atom. The quantitative estimate of drug-likeness (QED) is 0.893. The molecule has 0 aromatic heterocycles. The van der Waals surface area contributed by atoms with Gasteiger partial charge in [-0.15, -0.1) is 0 Å². The Hall–Kier alpha value is -1.51. The summed E-state index contributed by atoms with van der Waals surface area (Å²) >= 11 is 0. The lowest BCUT2D eigenvalue weighted by Gasteiger charge is -2.23. The van der Waals surface area contributed by atoms with Crippen LogP contribution >= 0.6 is 0 Å². The van der Waals surface area contributed by atoms with Gasteiger partial charge in [0.15, 0.2) is 0 Å². The molecule has 1 saturated carbocycles. The van der Waals surface area contributed by atoms with Crippen molar-refractivity contribution in [3.05, 3.63) is 29.3 Å². The third-order valence-electron chi connectivity index (χ3n) is 4.73. The minimum atomic E-state index is 0.0232. The summed E-state index contributed by atoms with van der Waals surface area (Å²) in [5.74, 6) is 1.17. The molecule has 0 saturated heterocycles. The Kier molecular flexibility index (Phi) is 3.68. The molecule has 1 aromatic rings. The van der Waals surface area contributed by atoms with Crippen molar-refractivity contribution in [2.75, 3.05) is 0 Å². The molecular weight excluding hydrogens is 250 g/mol. The number of nitrogens with one attached hydrogen (secondary N) is 1. The molecule has 0 bridgehead atoms. The molecule has 0 radical (unpaired) electrons. The second-order valence-electron chi connectivity index (χ2n) is 6.14. The Balaban J connectivity index is 1.79. The summed E-state index contributed by atoms with van der Waals surface area (Å²) < 4.78 is 5.90. The highest BCUT2D eigenvalue weighted by Gasteiger charge is 2.31. The molecule has 1 N–H and O–H groups in total. The topological polar surface area (TPSA) is 38.3 Å². The van der Waals surface area contributed by atoms with Gasteiger partial charge in [-0.05, 0) is 25.8 Å². The van der Waals surface area contributed by atoms with Gasteiger partial charge in [-0.25, -0.2) is 0 Å². The van der Waals surface area contributed by atoms with Gasteiger partial charge in [-0.1, -0.05) is 38.3 Å². The van der Waals surface area contributed by atoms with E-state index in [-0.39, 0.29) is 12.0 Å². The maximum Gasteiger partial charge on any atom is 0.255 e. The zero-order valence-electron chi connectivity index (χ0n) is 12.3. The molecule has 20 heavy (non-hydrogen) atoms. The summed E-state index contributed by atoms with van der Waals surface area (Å²) in [6, 6.07) is 6.25. The van der Waals surface area contributed by atoms with Gasteiger partial charge in [0.1, 0.15) is 11.9 Å². The average Bonchev–Trinajstić information content (AvgIpc) is 2.75. The van der Waals surface area contributed by atoms with E-state index in [0.29, 0.717) is 17.5 Å². The minimum Gasteiger partial charge on any atom is -0.489 e. The predicted octanol–water partition coefficient (Wildman–Crippen LogP) is 3.63. The maximum atomic E-state index is 12.5. The van der Waals surface area contributed by atoms with Crippen LogP contribution in [0.25, 0.3) is 0 Å². The minimum absolute atomic E-state index is 0.0232. The zero-order chi connectivity index (χ0) is 14.1. The van der Waals surface area contributed by atoms with Crippen molar-refractivity contribution in [1.82, 2.24) is 5.32 Å². The molecule has 0 spiro atoms. The third kappa shape index (κ3) is 2.41. The molecule has 1 aliphatic carbocycles. The van der Waals surface area contributed by atoms with Crippen molar-refractivity contribution in [3.63, 3.8) is 0 Å². The molecule has 1 heterocycles. The fourth-order valence-corrected chi connectivity index (χ4v) is 3.27. The number of hydrogen-bond acceptors (Lipinski definition) is 2. The molecular formula is C17H23NO2. The summed E-state index contributed by atoms with van der Waals surface area (Å²) in [7, 11) is 0. The van der Waals surface area contributed by atoms with Gasteiger partial charge in [0.2, 0.25) is 0 Å². The predicted molar refractivity (Wildman–Crippen MR) is 79.3 cm³/mol. The normalized spacial score (nSPS) is 25.9. The van der Waals surface area contributed by atoms with E-state index in [1.165, 1.54) is 19.3 Å². The van der Waals surface area contributed by atoms with Crippen molar-refractivity contribution in [3.8, 4) is 5.75 Å². The number of fused-ring (bicyclic) bond motifs is 1. The van der Waals surface area contributed by atoms with Crippen LogP contribution in [0.5, 0.6) is 5.75 Å². The van der Waals surface area contributed by atoms with Gasteiger partial charge in [0, 0.05) is 17.5 Å². The molecule has 1 amide bonds. The smallest absolute Gasteiger partial charge is 0.255 e. The SMILES string of the molecule is CC1Oc2c(C(=O)NC3CCCCC3)cccc2C1C. The molecule has 2 atom stereocenters. The van der Waals surface area contributed by atoms with Gasteiger partial charge >= 0.3 is 0 Å². The second kappa shape index (κ2) is 5.47. The zero-order valence-corrected chi connectivity index (χ0v) is 12.3. The van der Waals surface area contributed by atoms with Crippen molar-refractivity contribution in [2.24, 2.45) is 0 Å². The van der Waals surface area contributed by atoms with Crippen LogP contribution in [0.2, 0.25) is 0 Å². The van der Waals surface area contributed by atoms with Crippen LogP contribution in [0.1, 0.15) is 67.8 Å². The van der Waals surface area contributed by atoms with Crippen molar-refractivity contribution >= 4 is 5.91 Å². The molecule has 108 valence electrons. The van der Waals surface area contributed by atoms with Crippen LogP contribution in [0, 0.1) is 0 Å². The summed E-state index contributed by atoms with van der Waals surface area (Å²) in [6.45, 7) is 4.22. The van der Waals surface area contributed by atoms with E-state index < -0.39 is 0 Å². The van der Waals surface area contributed by atoms with E-state index in [4.69, 9.17) is 4.74 Å². The van der Waals surface area contributed by atoms with Crippen LogP contribution in [0.4, 0.5) is 0 Å². The number of carbonyl (C=O) groups is 1. The monoisotopic (exact) mass is 273 g/mol. The van der Waals surface area contributed by atoms with Crippen LogP contribution in [0.3, 0.4) is 0 Å². The molecule has 1 aliphatic heterocycles. The van der Waals surface area contributed by atoms with Crippen LogP contribution < -0.4 is 10.1 Å². The lowest BCUT2D eigenvalue weighted by molar-refractivity contribution is 0.0922. The number of rotatable bonds is 2. The van der Waals surface area contributed by atoms with Crippen LogP contribution in [-0.2, 0) is 0 Å². The first-order chi connectivity index (χ1) is 9.66. The molecule has 2 aliphatic rings. The van der Waals surface area contributed by atoms with E-state index in [9.17, 15) is 4.79 Å². The first kappa shape index (κ1) is 13.5. The van der Waals surface area contributed by atoms with Gasteiger partial charge in [-0.2, -0.15) is 0 Å². The Morgan fingerprint density at radius 1 is 1.20 bits per heavy atom. The number of para-hydroxylation sites is 1. The largest absolute Gasteiger partial charge is 0.489 e. The number of hydrogen-bond donors (Lipinski definition) is 1. The van der Waals surface area contributed by atoms with Crippen LogP contribution in [0.15, 0.2) is 18.2 Å². The standard InChI is InChI=1S/C17H23NO2/c1-11-12(2)20-16-14(11)9-6-10-15(16)17(19)18-13-7-4-3-5-8-13/h6,9-13H,3-5,7-8H2,1-2H3,(H,18,19). The summed E-state index contributed by atoms with van der Waals surface area (Å²) in [5, 5.41) is 3.18. The number of amides is 1. The third-order valence-corrected chi connectivity index (χ3v) is 4.73. The molecule has 2 unspecified atom stereocenters. The fraction of sp³-hybridized carbons (Fsp3) is 0.588. The molecule has 1 fully saturated rings. The average molecular weight is 273 g/mol. The van der Waals surface area contributed by atoms with E-state index in [1.54, 1.807) is 0 Å². The first-order valence-corrected chi connectivity index (χ1v) is 7.77. The van der Waals surface area contributed by atoms with Crippen molar-refractivity contribution in [1.29, 1.82) is 0 Å². The van der Waals surface area contributed by atoms with Gasteiger partial charge in [0.25, 0.3) is 5.91 Å². The summed E-state index contributed by atoms with van der Waals surface area (Å²) in [5.41, 5.74) is 1.86.